The molecule has 0 saturated heterocycles. The molecule has 1 aromatic carbocycles. The van der Waals surface area contributed by atoms with Gasteiger partial charge >= 0.3 is 0 Å². The van der Waals surface area contributed by atoms with E-state index in [9.17, 15) is 0 Å². The summed E-state index contributed by atoms with van der Waals surface area (Å²) in [6, 6.07) is 10.4. The number of nitrogens with one attached hydrogen (secondary N) is 1. The first-order valence-corrected chi connectivity index (χ1v) is 6.15. The van der Waals surface area contributed by atoms with Gasteiger partial charge in [0.1, 0.15) is 5.82 Å². The predicted molar refractivity (Wildman–Crippen MR) is 72.5 cm³/mol. The summed E-state index contributed by atoms with van der Waals surface area (Å²) < 4.78 is 0. The van der Waals surface area contributed by atoms with E-state index in [0.29, 0.717) is 0 Å². The Kier molecular flexibility index (Phi) is 2.81. The number of nitrogens with zero attached hydrogens (tertiary/aromatic N) is 2. The van der Waals surface area contributed by atoms with Crippen LogP contribution in [0.4, 0.5) is 0 Å². The van der Waals surface area contributed by atoms with E-state index in [2.05, 4.69) is 46.1 Å². The number of rotatable bonds is 3. The zero-order valence-electron chi connectivity index (χ0n) is 10.4. The van der Waals surface area contributed by atoms with Gasteiger partial charge in [-0.1, -0.05) is 12.1 Å². The number of hydrogen-bond donors (Lipinski definition) is 1. The summed E-state index contributed by atoms with van der Waals surface area (Å²) in [7, 11) is 0. The van der Waals surface area contributed by atoms with E-state index < -0.39 is 0 Å². The second kappa shape index (κ2) is 4.61. The van der Waals surface area contributed by atoms with Crippen LogP contribution in [0.5, 0.6) is 0 Å². The van der Waals surface area contributed by atoms with Gasteiger partial charge in [-0.15, -0.1) is 0 Å². The Morgan fingerprint density at radius 2 is 2.11 bits per heavy atom. The molecule has 0 aliphatic heterocycles. The van der Waals surface area contributed by atoms with Gasteiger partial charge in [0.2, 0.25) is 0 Å². The van der Waals surface area contributed by atoms with Crippen molar-refractivity contribution in [2.75, 3.05) is 0 Å². The molecule has 18 heavy (non-hydrogen) atoms. The molecule has 0 fully saturated rings. The van der Waals surface area contributed by atoms with Crippen molar-refractivity contribution < 1.29 is 0 Å². The van der Waals surface area contributed by atoms with Crippen LogP contribution < -0.4 is 0 Å². The van der Waals surface area contributed by atoms with Crippen molar-refractivity contribution in [3.63, 3.8) is 0 Å². The number of aryl methyl sites for hydroxylation is 3. The number of H-pyrrole nitrogens is 1. The van der Waals surface area contributed by atoms with Crippen LogP contribution in [-0.4, -0.2) is 15.0 Å². The van der Waals surface area contributed by atoms with E-state index in [1.165, 1.54) is 11.1 Å². The Morgan fingerprint density at radius 1 is 1.17 bits per heavy atom. The molecule has 90 valence electrons. The third kappa shape index (κ3) is 2.25. The van der Waals surface area contributed by atoms with Gasteiger partial charge in [0.25, 0.3) is 0 Å². The molecule has 0 radical (unpaired) electrons. The fourth-order valence-corrected chi connectivity index (χ4v) is 2.10. The monoisotopic (exact) mass is 237 g/mol. The number of aromatic nitrogens is 3. The van der Waals surface area contributed by atoms with Crippen LogP contribution in [0, 0.1) is 6.92 Å². The lowest BCUT2D eigenvalue weighted by atomic mass is 10.1. The third-order valence-electron chi connectivity index (χ3n) is 3.06. The SMILES string of the molecule is Cc1ccc2nc(CCc3cccnc3)[nH]c2c1. The highest BCUT2D eigenvalue weighted by atomic mass is 14.9. The molecule has 1 N–H and O–H groups in total. The van der Waals surface area contributed by atoms with Gasteiger partial charge in [-0.3, -0.25) is 4.98 Å². The fraction of sp³-hybridized carbons (Fsp3) is 0.200. The quantitative estimate of drug-likeness (QED) is 0.760. The van der Waals surface area contributed by atoms with Crippen molar-refractivity contribution in [3.05, 3.63) is 59.7 Å². The Labute approximate surface area is 106 Å². The Bertz CT molecular complexity index is 656. The minimum Gasteiger partial charge on any atom is -0.342 e. The van der Waals surface area contributed by atoms with Gasteiger partial charge in [-0.05, 0) is 42.7 Å². The van der Waals surface area contributed by atoms with Crippen LogP contribution in [0.15, 0.2) is 42.7 Å². The molecule has 0 unspecified atom stereocenters. The highest BCUT2D eigenvalue weighted by molar-refractivity contribution is 5.75. The van der Waals surface area contributed by atoms with Gasteiger partial charge in [0.05, 0.1) is 11.0 Å². The maximum atomic E-state index is 4.59. The average molecular weight is 237 g/mol. The molecule has 3 heteroatoms. The van der Waals surface area contributed by atoms with Gasteiger partial charge in [-0.25, -0.2) is 4.98 Å². The molecule has 0 spiro atoms. The standard InChI is InChI=1S/C15H15N3/c1-11-4-6-13-14(9-11)18-15(17-13)7-5-12-3-2-8-16-10-12/h2-4,6,8-10H,5,7H2,1H3,(H,17,18). The minimum absolute atomic E-state index is 0.916. The number of hydrogen-bond acceptors (Lipinski definition) is 2. The van der Waals surface area contributed by atoms with Gasteiger partial charge in [-0.2, -0.15) is 0 Å². The molecule has 2 aromatic heterocycles. The lowest BCUT2D eigenvalue weighted by Crippen LogP contribution is -1.93. The number of fused-ring (bicyclic) bond motifs is 1. The maximum absolute atomic E-state index is 4.59. The molecule has 0 saturated carbocycles. The highest BCUT2D eigenvalue weighted by Gasteiger charge is 2.03. The molecule has 3 rings (SSSR count). The molecule has 0 bridgehead atoms. The van der Waals surface area contributed by atoms with Crippen molar-refractivity contribution in [2.45, 2.75) is 19.8 Å². The number of benzene rings is 1. The lowest BCUT2D eigenvalue weighted by molar-refractivity contribution is 0.884. The predicted octanol–water partition coefficient (Wildman–Crippen LogP) is 3.05. The van der Waals surface area contributed by atoms with Crippen LogP contribution >= 0.6 is 0 Å². The summed E-state index contributed by atoms with van der Waals surface area (Å²) in [5.74, 6) is 1.04. The minimum atomic E-state index is 0.916. The smallest absolute Gasteiger partial charge is 0.107 e. The number of pyridine rings is 1. The molecule has 0 aliphatic rings. The van der Waals surface area contributed by atoms with Crippen molar-refractivity contribution in [3.8, 4) is 0 Å². The molecule has 3 nitrogen and oxygen atoms in total. The third-order valence-corrected chi connectivity index (χ3v) is 3.06. The summed E-state index contributed by atoms with van der Waals surface area (Å²) in [5, 5.41) is 0. The summed E-state index contributed by atoms with van der Waals surface area (Å²) >= 11 is 0. The summed E-state index contributed by atoms with van der Waals surface area (Å²) in [5.41, 5.74) is 4.66. The molecule has 2 heterocycles. The highest BCUT2D eigenvalue weighted by Crippen LogP contribution is 2.14. The van der Waals surface area contributed by atoms with Gasteiger partial charge in [0.15, 0.2) is 0 Å². The van der Waals surface area contributed by atoms with Crippen LogP contribution in [-0.2, 0) is 12.8 Å². The normalized spacial score (nSPS) is 10.9. The zero-order chi connectivity index (χ0) is 12.4. The first-order chi connectivity index (χ1) is 8.81. The molecule has 0 aliphatic carbocycles. The van der Waals surface area contributed by atoms with Crippen LogP contribution in [0.25, 0.3) is 11.0 Å². The topological polar surface area (TPSA) is 41.6 Å². The molecule has 0 atom stereocenters. The van der Waals surface area contributed by atoms with Crippen molar-refractivity contribution in [2.24, 2.45) is 0 Å². The fourth-order valence-electron chi connectivity index (χ4n) is 2.10. The Balaban J connectivity index is 1.79. The van der Waals surface area contributed by atoms with Gasteiger partial charge < -0.3 is 4.98 Å². The average Bonchev–Trinajstić information content (AvgIpc) is 2.79. The molecular weight excluding hydrogens is 222 g/mol. The molecular formula is C15H15N3. The van der Waals surface area contributed by atoms with E-state index >= 15 is 0 Å². The first kappa shape index (κ1) is 11.0. The summed E-state index contributed by atoms with van der Waals surface area (Å²) in [6.07, 6.45) is 5.59. The number of imidazole rings is 1. The van der Waals surface area contributed by atoms with Crippen molar-refractivity contribution in [1.82, 2.24) is 15.0 Å². The van der Waals surface area contributed by atoms with Crippen LogP contribution in [0.1, 0.15) is 17.0 Å². The van der Waals surface area contributed by atoms with E-state index in [-0.39, 0.29) is 0 Å². The van der Waals surface area contributed by atoms with Crippen molar-refractivity contribution in [1.29, 1.82) is 0 Å². The second-order valence-corrected chi connectivity index (χ2v) is 4.57. The van der Waals surface area contributed by atoms with E-state index in [1.807, 2.05) is 12.3 Å². The van der Waals surface area contributed by atoms with Crippen LogP contribution in [0.2, 0.25) is 0 Å². The van der Waals surface area contributed by atoms with Gasteiger partial charge in [0, 0.05) is 18.8 Å². The molecule has 3 aromatic rings. The largest absolute Gasteiger partial charge is 0.342 e. The molecule has 0 amide bonds. The number of aromatic amines is 1. The Morgan fingerprint density at radius 3 is 2.94 bits per heavy atom. The summed E-state index contributed by atoms with van der Waals surface area (Å²) in [4.78, 5) is 12.1. The zero-order valence-corrected chi connectivity index (χ0v) is 10.4. The van der Waals surface area contributed by atoms with E-state index in [0.717, 1.165) is 29.7 Å². The lowest BCUT2D eigenvalue weighted by Gasteiger charge is -1.97. The first-order valence-electron chi connectivity index (χ1n) is 6.15. The Hall–Kier alpha value is -2.16. The second-order valence-electron chi connectivity index (χ2n) is 4.57. The van der Waals surface area contributed by atoms with Crippen molar-refractivity contribution >= 4 is 11.0 Å². The van der Waals surface area contributed by atoms with E-state index in [4.69, 9.17) is 0 Å². The van der Waals surface area contributed by atoms with Crippen LogP contribution in [0.3, 0.4) is 0 Å². The summed E-state index contributed by atoms with van der Waals surface area (Å²) in [6.45, 7) is 2.09. The maximum Gasteiger partial charge on any atom is 0.107 e. The van der Waals surface area contributed by atoms with E-state index in [1.54, 1.807) is 6.20 Å².